The molecule has 3 fully saturated rings. The Morgan fingerprint density at radius 3 is 2.67 bits per heavy atom. The number of hydrogen-bond acceptors (Lipinski definition) is 9. The molecule has 0 radical (unpaired) electrons. The lowest BCUT2D eigenvalue weighted by Gasteiger charge is -2.47. The lowest BCUT2D eigenvalue weighted by molar-refractivity contribution is 0.0726. The Bertz CT molecular complexity index is 1600. The average molecular weight is 634 g/mol. The topological polar surface area (TPSA) is 120 Å². The SMILES string of the molecule is C[C@H](c1ccc(Cl)cc1Cl)n1nc(C#N)c2ncc(N3CC([C@H]4CCCN(CCS(=O)(=O)N5CCOCC5)C4)C3)nc21. The number of piperidine rings is 1. The van der Waals surface area contributed by atoms with Gasteiger partial charge in [-0.25, -0.2) is 23.1 Å². The van der Waals surface area contributed by atoms with Crippen LogP contribution in [0.4, 0.5) is 5.82 Å². The average Bonchev–Trinajstić information content (AvgIpc) is 3.34. The predicted octanol–water partition coefficient (Wildman–Crippen LogP) is 3.42. The van der Waals surface area contributed by atoms with Gasteiger partial charge in [0.05, 0.1) is 31.2 Å². The van der Waals surface area contributed by atoms with Crippen LogP contribution in [0.3, 0.4) is 0 Å². The highest BCUT2D eigenvalue weighted by Gasteiger charge is 2.37. The number of anilines is 1. The third kappa shape index (κ3) is 5.96. The molecule has 0 spiro atoms. The van der Waals surface area contributed by atoms with Crippen molar-refractivity contribution < 1.29 is 13.2 Å². The third-order valence-corrected chi connectivity index (χ3v) is 11.2. The van der Waals surface area contributed by atoms with Gasteiger partial charge < -0.3 is 14.5 Å². The fourth-order valence-electron chi connectivity index (χ4n) is 6.24. The number of morpholine rings is 1. The van der Waals surface area contributed by atoms with Crippen molar-refractivity contribution >= 4 is 50.2 Å². The van der Waals surface area contributed by atoms with Crippen LogP contribution in [0.5, 0.6) is 0 Å². The minimum Gasteiger partial charge on any atom is -0.379 e. The minimum atomic E-state index is -3.26. The van der Waals surface area contributed by atoms with E-state index in [-0.39, 0.29) is 17.5 Å². The second-order valence-electron chi connectivity index (χ2n) is 11.3. The highest BCUT2D eigenvalue weighted by atomic mass is 35.5. The second-order valence-corrected chi connectivity index (χ2v) is 14.3. The van der Waals surface area contributed by atoms with Gasteiger partial charge in [0.25, 0.3) is 0 Å². The number of halogens is 2. The molecule has 11 nitrogen and oxygen atoms in total. The Morgan fingerprint density at radius 1 is 1.14 bits per heavy atom. The molecule has 0 aliphatic carbocycles. The van der Waals surface area contributed by atoms with Gasteiger partial charge in [-0.05, 0) is 55.8 Å². The summed E-state index contributed by atoms with van der Waals surface area (Å²) in [6.45, 7) is 7.94. The Morgan fingerprint density at radius 2 is 1.93 bits per heavy atom. The van der Waals surface area contributed by atoms with Gasteiger partial charge in [-0.15, -0.1) is 0 Å². The molecule has 0 bridgehead atoms. The number of hydrogen-bond donors (Lipinski definition) is 0. The Labute approximate surface area is 256 Å². The molecule has 2 aromatic heterocycles. The first-order chi connectivity index (χ1) is 20.2. The Balaban J connectivity index is 1.11. The van der Waals surface area contributed by atoms with E-state index >= 15 is 0 Å². The first-order valence-corrected chi connectivity index (χ1v) is 16.7. The number of nitriles is 1. The van der Waals surface area contributed by atoms with E-state index in [1.165, 1.54) is 0 Å². The van der Waals surface area contributed by atoms with Gasteiger partial charge >= 0.3 is 0 Å². The highest BCUT2D eigenvalue weighted by Crippen LogP contribution is 2.35. The number of rotatable bonds is 8. The van der Waals surface area contributed by atoms with E-state index in [1.807, 2.05) is 13.0 Å². The number of aromatic nitrogens is 4. The monoisotopic (exact) mass is 632 g/mol. The van der Waals surface area contributed by atoms with Crippen molar-refractivity contribution in [1.29, 1.82) is 5.26 Å². The molecule has 42 heavy (non-hydrogen) atoms. The zero-order valence-electron chi connectivity index (χ0n) is 23.5. The van der Waals surface area contributed by atoms with E-state index in [9.17, 15) is 13.7 Å². The number of fused-ring (bicyclic) bond motifs is 1. The van der Waals surface area contributed by atoms with Gasteiger partial charge in [-0.2, -0.15) is 14.7 Å². The molecule has 3 aromatic rings. The lowest BCUT2D eigenvalue weighted by atomic mass is 9.80. The normalized spacial score (nSPS) is 21.8. The molecule has 0 amide bonds. The lowest BCUT2D eigenvalue weighted by Crippen LogP contribution is -2.54. The van der Waals surface area contributed by atoms with Gasteiger partial charge in [-0.1, -0.05) is 29.3 Å². The molecule has 3 aliphatic heterocycles. The van der Waals surface area contributed by atoms with Crippen LogP contribution in [0.25, 0.3) is 11.2 Å². The molecule has 0 N–H and O–H groups in total. The van der Waals surface area contributed by atoms with E-state index in [1.54, 1.807) is 27.3 Å². The fraction of sp³-hybridized carbons (Fsp3) is 0.571. The number of likely N-dealkylation sites (tertiary alicyclic amines) is 1. The van der Waals surface area contributed by atoms with Gasteiger partial charge in [0.1, 0.15) is 17.4 Å². The van der Waals surface area contributed by atoms with Crippen LogP contribution in [-0.4, -0.2) is 102 Å². The number of sulfonamides is 1. The van der Waals surface area contributed by atoms with Crippen molar-refractivity contribution in [1.82, 2.24) is 29.0 Å². The van der Waals surface area contributed by atoms with Crippen LogP contribution >= 0.6 is 23.2 Å². The molecule has 14 heteroatoms. The van der Waals surface area contributed by atoms with Crippen molar-refractivity contribution in [2.45, 2.75) is 25.8 Å². The van der Waals surface area contributed by atoms with Crippen LogP contribution in [0.2, 0.25) is 10.0 Å². The first-order valence-electron chi connectivity index (χ1n) is 14.4. The summed E-state index contributed by atoms with van der Waals surface area (Å²) in [6.07, 6.45) is 3.94. The molecular formula is C28H34Cl2N8O3S. The molecule has 3 saturated heterocycles. The van der Waals surface area contributed by atoms with E-state index < -0.39 is 10.0 Å². The largest absolute Gasteiger partial charge is 0.379 e. The van der Waals surface area contributed by atoms with Crippen LogP contribution in [0, 0.1) is 23.2 Å². The second kappa shape index (κ2) is 12.2. The predicted molar refractivity (Wildman–Crippen MR) is 161 cm³/mol. The summed E-state index contributed by atoms with van der Waals surface area (Å²) in [5.41, 5.74) is 2.05. The zero-order chi connectivity index (χ0) is 29.4. The standard InChI is InChI=1S/C28H34Cl2N8O3S/c1-19(23-5-4-22(29)13-24(23)30)38-28-27(25(14-31)34-38)32-15-26(33-28)36-17-21(18-36)20-3-2-6-35(16-20)9-12-42(39,40)37-7-10-41-11-8-37/h4-5,13,15,19-21H,2-3,6-12,16-18H2,1H3/t19-,20+/m1/s1. The summed E-state index contributed by atoms with van der Waals surface area (Å²) >= 11 is 12.6. The van der Waals surface area contributed by atoms with Gasteiger partial charge in [-0.3, -0.25) is 0 Å². The fourth-order valence-corrected chi connectivity index (χ4v) is 8.26. The Kier molecular flexibility index (Phi) is 8.60. The molecule has 5 heterocycles. The van der Waals surface area contributed by atoms with Gasteiger partial charge in [0.2, 0.25) is 10.0 Å². The van der Waals surface area contributed by atoms with Crippen LogP contribution in [0.1, 0.15) is 37.1 Å². The Hall–Kier alpha value is -2.53. The van der Waals surface area contributed by atoms with Crippen molar-refractivity contribution in [3.8, 4) is 6.07 Å². The van der Waals surface area contributed by atoms with Crippen molar-refractivity contribution in [2.24, 2.45) is 11.8 Å². The van der Waals surface area contributed by atoms with Crippen LogP contribution in [-0.2, 0) is 14.8 Å². The molecule has 3 aliphatic rings. The molecule has 2 atom stereocenters. The molecule has 224 valence electrons. The van der Waals surface area contributed by atoms with Crippen molar-refractivity contribution in [2.75, 3.05) is 69.7 Å². The number of ether oxygens (including phenoxy) is 1. The maximum atomic E-state index is 12.8. The van der Waals surface area contributed by atoms with Crippen LogP contribution in [0.15, 0.2) is 24.4 Å². The molecule has 0 saturated carbocycles. The van der Waals surface area contributed by atoms with E-state index in [0.717, 1.165) is 50.4 Å². The van der Waals surface area contributed by atoms with Crippen LogP contribution < -0.4 is 4.90 Å². The van der Waals surface area contributed by atoms with Gasteiger partial charge in [0, 0.05) is 49.3 Å². The minimum absolute atomic E-state index is 0.157. The molecular weight excluding hydrogens is 599 g/mol. The smallest absolute Gasteiger partial charge is 0.215 e. The summed E-state index contributed by atoms with van der Waals surface area (Å²) < 4.78 is 34.2. The quantitative estimate of drug-likeness (QED) is 0.368. The number of nitrogens with zero attached hydrogens (tertiary/aromatic N) is 8. The van der Waals surface area contributed by atoms with E-state index in [0.29, 0.717) is 65.9 Å². The summed E-state index contributed by atoms with van der Waals surface area (Å²) in [4.78, 5) is 14.0. The van der Waals surface area contributed by atoms with Crippen molar-refractivity contribution in [3.05, 3.63) is 45.7 Å². The molecule has 6 rings (SSSR count). The first kappa shape index (κ1) is 29.5. The highest BCUT2D eigenvalue weighted by molar-refractivity contribution is 7.89. The maximum Gasteiger partial charge on any atom is 0.215 e. The summed E-state index contributed by atoms with van der Waals surface area (Å²) in [5, 5.41) is 15.3. The third-order valence-electron chi connectivity index (χ3n) is 8.75. The molecule has 1 aromatic carbocycles. The van der Waals surface area contributed by atoms with Gasteiger partial charge in [0.15, 0.2) is 11.3 Å². The summed E-state index contributed by atoms with van der Waals surface area (Å²) in [5.74, 6) is 1.93. The van der Waals surface area contributed by atoms with E-state index in [2.05, 4.69) is 26.0 Å². The maximum absolute atomic E-state index is 12.8. The summed E-state index contributed by atoms with van der Waals surface area (Å²) in [7, 11) is -3.26. The zero-order valence-corrected chi connectivity index (χ0v) is 25.8. The number of benzene rings is 1. The summed E-state index contributed by atoms with van der Waals surface area (Å²) in [6, 6.07) is 7.19. The van der Waals surface area contributed by atoms with E-state index in [4.69, 9.17) is 32.9 Å². The van der Waals surface area contributed by atoms with Crippen molar-refractivity contribution in [3.63, 3.8) is 0 Å². The molecule has 0 unspecified atom stereocenters.